The molecule has 0 aromatic heterocycles. The number of benzene rings is 2. The van der Waals surface area contributed by atoms with E-state index in [0.29, 0.717) is 5.56 Å². The average Bonchev–Trinajstić information content (AvgIpc) is 2.41. The van der Waals surface area contributed by atoms with Crippen LogP contribution < -0.4 is 4.72 Å². The number of halogens is 1. The molecular formula is C13H11ClN2O4S. The molecule has 0 radical (unpaired) electrons. The molecule has 0 spiro atoms. The first kappa shape index (κ1) is 15.3. The van der Waals surface area contributed by atoms with Crippen LogP contribution in [-0.2, 0) is 10.0 Å². The number of para-hydroxylation sites is 1. The first-order chi connectivity index (χ1) is 9.81. The van der Waals surface area contributed by atoms with Gasteiger partial charge in [0.2, 0.25) is 0 Å². The van der Waals surface area contributed by atoms with Gasteiger partial charge in [0.1, 0.15) is 0 Å². The second kappa shape index (κ2) is 5.71. The third kappa shape index (κ3) is 3.32. The summed E-state index contributed by atoms with van der Waals surface area (Å²) in [7, 11) is -3.95. The van der Waals surface area contributed by atoms with Gasteiger partial charge in [0.05, 0.1) is 20.5 Å². The third-order valence-electron chi connectivity index (χ3n) is 2.81. The van der Waals surface area contributed by atoms with Gasteiger partial charge in [0.15, 0.2) is 0 Å². The van der Waals surface area contributed by atoms with Gasteiger partial charge in [0.25, 0.3) is 15.7 Å². The summed E-state index contributed by atoms with van der Waals surface area (Å²) in [6.45, 7) is 1.54. The van der Waals surface area contributed by atoms with Crippen molar-refractivity contribution in [1.82, 2.24) is 0 Å². The Hall–Kier alpha value is -2.12. The highest BCUT2D eigenvalue weighted by Gasteiger charge is 2.20. The van der Waals surface area contributed by atoms with Gasteiger partial charge in [-0.1, -0.05) is 29.8 Å². The van der Waals surface area contributed by atoms with E-state index in [2.05, 4.69) is 4.72 Å². The highest BCUT2D eigenvalue weighted by Crippen LogP contribution is 2.26. The molecule has 0 unspecified atom stereocenters. The Bertz CT molecular complexity index is 806. The number of nitro groups is 1. The highest BCUT2D eigenvalue weighted by molar-refractivity contribution is 7.92. The maximum absolute atomic E-state index is 12.2. The maximum atomic E-state index is 12.2. The monoisotopic (exact) mass is 326 g/mol. The van der Waals surface area contributed by atoms with Crippen LogP contribution in [0.2, 0.25) is 5.02 Å². The van der Waals surface area contributed by atoms with Crippen LogP contribution >= 0.6 is 11.6 Å². The molecule has 8 heteroatoms. The lowest BCUT2D eigenvalue weighted by Crippen LogP contribution is -2.13. The molecule has 0 saturated carbocycles. The number of anilines is 1. The second-order valence-corrected chi connectivity index (χ2v) is 6.38. The molecule has 0 aliphatic heterocycles. The van der Waals surface area contributed by atoms with E-state index in [4.69, 9.17) is 11.6 Å². The van der Waals surface area contributed by atoms with Crippen molar-refractivity contribution in [3.8, 4) is 0 Å². The fourth-order valence-corrected chi connectivity index (χ4v) is 3.04. The van der Waals surface area contributed by atoms with Crippen molar-refractivity contribution in [3.05, 3.63) is 63.2 Å². The van der Waals surface area contributed by atoms with E-state index in [-0.39, 0.29) is 21.3 Å². The number of nitrogens with zero attached hydrogens (tertiary/aromatic N) is 1. The lowest BCUT2D eigenvalue weighted by Gasteiger charge is -2.09. The van der Waals surface area contributed by atoms with Crippen LogP contribution in [0, 0.1) is 17.0 Å². The number of hydrogen-bond donors (Lipinski definition) is 1. The average molecular weight is 327 g/mol. The van der Waals surface area contributed by atoms with Crippen molar-refractivity contribution >= 4 is 33.0 Å². The number of nitro benzene ring substituents is 1. The van der Waals surface area contributed by atoms with E-state index < -0.39 is 14.9 Å². The summed E-state index contributed by atoms with van der Waals surface area (Å²) in [6, 6.07) is 10.0. The zero-order valence-corrected chi connectivity index (χ0v) is 12.5. The number of sulfonamides is 1. The van der Waals surface area contributed by atoms with Crippen LogP contribution in [0.1, 0.15) is 5.56 Å². The SMILES string of the molecule is Cc1ccc(S(=O)(=O)Nc2ccccc2Cl)cc1[N+](=O)[O-]. The molecule has 0 aliphatic carbocycles. The van der Waals surface area contributed by atoms with Crippen LogP contribution in [0.25, 0.3) is 0 Å². The van der Waals surface area contributed by atoms with Crippen LogP contribution in [0.4, 0.5) is 11.4 Å². The van der Waals surface area contributed by atoms with E-state index >= 15 is 0 Å². The molecule has 110 valence electrons. The van der Waals surface area contributed by atoms with Gasteiger partial charge in [-0.15, -0.1) is 0 Å². The molecule has 0 fully saturated rings. The summed E-state index contributed by atoms with van der Waals surface area (Å²) < 4.78 is 26.8. The summed E-state index contributed by atoms with van der Waals surface area (Å²) in [5, 5.41) is 11.1. The Morgan fingerprint density at radius 2 is 1.86 bits per heavy atom. The topological polar surface area (TPSA) is 89.3 Å². The number of aryl methyl sites for hydroxylation is 1. The standard InChI is InChI=1S/C13H11ClN2O4S/c1-9-6-7-10(8-13(9)16(17)18)21(19,20)15-12-5-3-2-4-11(12)14/h2-8,15H,1H3. The van der Waals surface area contributed by atoms with Crippen molar-refractivity contribution in [1.29, 1.82) is 0 Å². The zero-order chi connectivity index (χ0) is 15.6. The molecule has 0 atom stereocenters. The molecule has 1 N–H and O–H groups in total. The van der Waals surface area contributed by atoms with Gasteiger partial charge in [-0.2, -0.15) is 0 Å². The summed E-state index contributed by atoms with van der Waals surface area (Å²) in [4.78, 5) is 10.1. The van der Waals surface area contributed by atoms with E-state index in [0.717, 1.165) is 6.07 Å². The molecule has 2 aromatic rings. The minimum absolute atomic E-state index is 0.195. The van der Waals surface area contributed by atoms with Crippen LogP contribution in [0.15, 0.2) is 47.4 Å². The van der Waals surface area contributed by atoms with Gasteiger partial charge < -0.3 is 0 Å². The van der Waals surface area contributed by atoms with Crippen LogP contribution in [-0.4, -0.2) is 13.3 Å². The van der Waals surface area contributed by atoms with Gasteiger partial charge in [0, 0.05) is 11.6 Å². The van der Waals surface area contributed by atoms with Crippen molar-refractivity contribution in [3.63, 3.8) is 0 Å². The number of rotatable bonds is 4. The van der Waals surface area contributed by atoms with Crippen molar-refractivity contribution in [2.24, 2.45) is 0 Å². The molecule has 0 amide bonds. The first-order valence-corrected chi connectivity index (χ1v) is 7.70. The fraction of sp³-hybridized carbons (Fsp3) is 0.0769. The fourth-order valence-electron chi connectivity index (χ4n) is 1.70. The van der Waals surface area contributed by atoms with Crippen molar-refractivity contribution in [2.75, 3.05) is 4.72 Å². The van der Waals surface area contributed by atoms with Gasteiger partial charge in [-0.25, -0.2) is 8.42 Å². The predicted octanol–water partition coefficient (Wildman–Crippen LogP) is 3.36. The van der Waals surface area contributed by atoms with Crippen LogP contribution in [0.5, 0.6) is 0 Å². The maximum Gasteiger partial charge on any atom is 0.273 e. The molecule has 2 aromatic carbocycles. The molecule has 2 rings (SSSR count). The van der Waals surface area contributed by atoms with E-state index in [9.17, 15) is 18.5 Å². The van der Waals surface area contributed by atoms with Gasteiger partial charge in [-0.05, 0) is 25.1 Å². The molecule has 6 nitrogen and oxygen atoms in total. The Morgan fingerprint density at radius 3 is 2.48 bits per heavy atom. The zero-order valence-electron chi connectivity index (χ0n) is 10.9. The minimum Gasteiger partial charge on any atom is -0.278 e. The van der Waals surface area contributed by atoms with E-state index in [1.807, 2.05) is 0 Å². The largest absolute Gasteiger partial charge is 0.278 e. The quantitative estimate of drug-likeness (QED) is 0.689. The third-order valence-corrected chi connectivity index (χ3v) is 4.50. The summed E-state index contributed by atoms with van der Waals surface area (Å²) >= 11 is 5.89. The second-order valence-electron chi connectivity index (χ2n) is 4.29. The predicted molar refractivity (Wildman–Crippen MR) is 80.1 cm³/mol. The van der Waals surface area contributed by atoms with Crippen molar-refractivity contribution < 1.29 is 13.3 Å². The lowest BCUT2D eigenvalue weighted by molar-refractivity contribution is -0.385. The summed E-state index contributed by atoms with van der Waals surface area (Å²) in [5.74, 6) is 0. The van der Waals surface area contributed by atoms with Crippen LogP contribution in [0.3, 0.4) is 0 Å². The molecule has 0 bridgehead atoms. The first-order valence-electron chi connectivity index (χ1n) is 5.83. The molecule has 0 aliphatic rings. The summed E-state index contributed by atoms with van der Waals surface area (Å²) in [5.41, 5.74) is 0.344. The van der Waals surface area contributed by atoms with Gasteiger partial charge >= 0.3 is 0 Å². The Balaban J connectivity index is 2.43. The highest BCUT2D eigenvalue weighted by atomic mass is 35.5. The molecule has 0 saturated heterocycles. The molecule has 0 heterocycles. The molecule has 21 heavy (non-hydrogen) atoms. The lowest BCUT2D eigenvalue weighted by atomic mass is 10.2. The number of nitrogens with one attached hydrogen (secondary N) is 1. The minimum atomic E-state index is -3.95. The van der Waals surface area contributed by atoms with E-state index in [1.54, 1.807) is 12.1 Å². The number of hydrogen-bond acceptors (Lipinski definition) is 4. The van der Waals surface area contributed by atoms with E-state index in [1.165, 1.54) is 31.2 Å². The molecular weight excluding hydrogens is 316 g/mol. The Kier molecular flexibility index (Phi) is 4.15. The Labute approximate surface area is 126 Å². The summed E-state index contributed by atoms with van der Waals surface area (Å²) in [6.07, 6.45) is 0. The van der Waals surface area contributed by atoms with Gasteiger partial charge in [-0.3, -0.25) is 14.8 Å². The Morgan fingerprint density at radius 1 is 1.19 bits per heavy atom. The normalized spacial score (nSPS) is 11.1. The smallest absolute Gasteiger partial charge is 0.273 e. The van der Waals surface area contributed by atoms with Crippen molar-refractivity contribution in [2.45, 2.75) is 11.8 Å².